The van der Waals surface area contributed by atoms with Crippen molar-refractivity contribution in [2.75, 3.05) is 0 Å². The van der Waals surface area contributed by atoms with Crippen molar-refractivity contribution >= 4 is 36.2 Å². The zero-order chi connectivity index (χ0) is 9.64. The highest BCUT2D eigenvalue weighted by atomic mass is 35.5. The van der Waals surface area contributed by atoms with Crippen molar-refractivity contribution in [2.24, 2.45) is 0 Å². The third kappa shape index (κ3) is 4.94. The summed E-state index contributed by atoms with van der Waals surface area (Å²) in [5.74, 6) is 0. The van der Waals surface area contributed by atoms with Crippen molar-refractivity contribution in [3.63, 3.8) is 0 Å². The molecule has 1 N–H and O–H groups in total. The molecule has 0 unspecified atom stereocenters. The Labute approximate surface area is 112 Å². The molecule has 0 aliphatic rings. The summed E-state index contributed by atoms with van der Waals surface area (Å²) < 4.78 is 0. The van der Waals surface area contributed by atoms with E-state index < -0.39 is 0 Å². The maximum atomic E-state index is 4.20. The van der Waals surface area contributed by atoms with Gasteiger partial charge in [0.25, 0.3) is 0 Å². The summed E-state index contributed by atoms with van der Waals surface area (Å²) in [6, 6.07) is 10.4. The first-order valence-electron chi connectivity index (χ1n) is 4.58. The van der Waals surface area contributed by atoms with E-state index in [1.165, 1.54) is 5.56 Å². The summed E-state index contributed by atoms with van der Waals surface area (Å²) in [4.78, 5) is 4.20. The van der Waals surface area contributed by atoms with Crippen LogP contribution in [0.3, 0.4) is 0 Å². The molecule has 16 heavy (non-hydrogen) atoms. The summed E-state index contributed by atoms with van der Waals surface area (Å²) in [7, 11) is 0. The molecule has 1 aromatic carbocycles. The maximum Gasteiger partial charge on any atom is 0.106 e. The lowest BCUT2D eigenvalue weighted by molar-refractivity contribution is 0.690. The molecular weight excluding hydrogens is 263 g/mol. The van der Waals surface area contributed by atoms with Gasteiger partial charge in [0.1, 0.15) is 5.01 Å². The molecule has 1 heterocycles. The van der Waals surface area contributed by atoms with Gasteiger partial charge in [-0.05, 0) is 5.56 Å². The molecule has 0 bridgehead atoms. The number of nitrogens with zero attached hydrogens (tertiary/aromatic N) is 1. The molecule has 88 valence electrons. The zero-order valence-corrected chi connectivity index (χ0v) is 11.1. The van der Waals surface area contributed by atoms with E-state index >= 15 is 0 Å². The quantitative estimate of drug-likeness (QED) is 0.927. The molecule has 2 rings (SSSR count). The standard InChI is InChI=1S/C11H12N2S.2ClH/c1-2-4-10(5-3-1)8-12-9-11-13-6-7-14-11;;/h1-7,12H,8-9H2;2*1H. The van der Waals surface area contributed by atoms with Crippen molar-refractivity contribution in [3.05, 3.63) is 52.5 Å². The Kier molecular flexibility index (Phi) is 8.21. The number of hydrogen-bond acceptors (Lipinski definition) is 3. The van der Waals surface area contributed by atoms with Crippen LogP contribution in [0.2, 0.25) is 0 Å². The Morgan fingerprint density at radius 2 is 1.81 bits per heavy atom. The maximum absolute atomic E-state index is 4.20. The highest BCUT2D eigenvalue weighted by Crippen LogP contribution is 2.03. The number of benzene rings is 1. The van der Waals surface area contributed by atoms with E-state index in [1.54, 1.807) is 11.3 Å². The zero-order valence-electron chi connectivity index (χ0n) is 8.63. The molecular formula is C11H14Cl2N2S. The van der Waals surface area contributed by atoms with Crippen molar-refractivity contribution in [1.82, 2.24) is 10.3 Å². The minimum absolute atomic E-state index is 0. The second kappa shape index (κ2) is 8.53. The number of nitrogens with one attached hydrogen (secondary N) is 1. The van der Waals surface area contributed by atoms with E-state index in [1.807, 2.05) is 17.6 Å². The Hall–Kier alpha value is -0.610. The topological polar surface area (TPSA) is 24.9 Å². The van der Waals surface area contributed by atoms with E-state index in [0.29, 0.717) is 0 Å². The molecule has 5 heteroatoms. The average molecular weight is 277 g/mol. The van der Waals surface area contributed by atoms with E-state index in [2.05, 4.69) is 34.6 Å². The summed E-state index contributed by atoms with van der Waals surface area (Å²) in [5.41, 5.74) is 1.31. The molecule has 0 atom stereocenters. The van der Waals surface area contributed by atoms with Crippen molar-refractivity contribution in [1.29, 1.82) is 0 Å². The lowest BCUT2D eigenvalue weighted by atomic mass is 10.2. The molecule has 0 saturated heterocycles. The first-order chi connectivity index (χ1) is 6.95. The minimum atomic E-state index is 0. The van der Waals surface area contributed by atoms with Gasteiger partial charge in [-0.2, -0.15) is 0 Å². The number of halogens is 2. The Bertz CT molecular complexity index is 365. The van der Waals surface area contributed by atoms with Gasteiger partial charge in [0.2, 0.25) is 0 Å². The first-order valence-corrected chi connectivity index (χ1v) is 5.46. The largest absolute Gasteiger partial charge is 0.306 e. The lowest BCUT2D eigenvalue weighted by Crippen LogP contribution is -2.12. The van der Waals surface area contributed by atoms with Gasteiger partial charge >= 0.3 is 0 Å². The van der Waals surface area contributed by atoms with Crippen LogP contribution in [0.4, 0.5) is 0 Å². The van der Waals surface area contributed by atoms with Crippen LogP contribution in [0.1, 0.15) is 10.6 Å². The van der Waals surface area contributed by atoms with Gasteiger partial charge in [-0.15, -0.1) is 36.2 Å². The van der Waals surface area contributed by atoms with Gasteiger partial charge in [0.15, 0.2) is 0 Å². The van der Waals surface area contributed by atoms with Crippen LogP contribution in [-0.2, 0) is 13.1 Å². The molecule has 0 fully saturated rings. The van der Waals surface area contributed by atoms with Crippen LogP contribution in [0.5, 0.6) is 0 Å². The van der Waals surface area contributed by atoms with Crippen LogP contribution in [0.15, 0.2) is 41.9 Å². The highest BCUT2D eigenvalue weighted by molar-refractivity contribution is 7.09. The van der Waals surface area contributed by atoms with Gasteiger partial charge in [0, 0.05) is 24.7 Å². The van der Waals surface area contributed by atoms with Gasteiger partial charge in [-0.25, -0.2) is 4.98 Å². The fraction of sp³-hybridized carbons (Fsp3) is 0.182. The monoisotopic (exact) mass is 276 g/mol. The summed E-state index contributed by atoms with van der Waals surface area (Å²) >= 11 is 1.68. The minimum Gasteiger partial charge on any atom is -0.306 e. The van der Waals surface area contributed by atoms with E-state index in [0.717, 1.165) is 18.1 Å². The van der Waals surface area contributed by atoms with Crippen LogP contribution in [0, 0.1) is 0 Å². The summed E-state index contributed by atoms with van der Waals surface area (Å²) in [6.45, 7) is 1.76. The molecule has 0 aliphatic heterocycles. The highest BCUT2D eigenvalue weighted by Gasteiger charge is 1.94. The lowest BCUT2D eigenvalue weighted by Gasteiger charge is -2.01. The number of aromatic nitrogens is 1. The smallest absolute Gasteiger partial charge is 0.106 e. The molecule has 0 aliphatic carbocycles. The van der Waals surface area contributed by atoms with E-state index in [9.17, 15) is 0 Å². The molecule has 2 nitrogen and oxygen atoms in total. The Balaban J connectivity index is 0.00000112. The third-order valence-corrected chi connectivity index (χ3v) is 2.71. The summed E-state index contributed by atoms with van der Waals surface area (Å²) in [5, 5.41) is 6.49. The number of thiazole rings is 1. The normalized spacial score (nSPS) is 9.00. The second-order valence-corrected chi connectivity index (χ2v) is 3.99. The van der Waals surface area contributed by atoms with Crippen molar-refractivity contribution in [2.45, 2.75) is 13.1 Å². The van der Waals surface area contributed by atoms with Crippen molar-refractivity contribution in [3.8, 4) is 0 Å². The fourth-order valence-electron chi connectivity index (χ4n) is 1.25. The molecule has 0 spiro atoms. The fourth-order valence-corrected chi connectivity index (χ4v) is 1.84. The van der Waals surface area contributed by atoms with Crippen molar-refractivity contribution < 1.29 is 0 Å². The number of rotatable bonds is 4. The van der Waals surface area contributed by atoms with Gasteiger partial charge in [-0.1, -0.05) is 30.3 Å². The molecule has 2 aromatic rings. The van der Waals surface area contributed by atoms with Crippen LogP contribution in [-0.4, -0.2) is 4.98 Å². The SMILES string of the molecule is Cl.Cl.c1ccc(CNCc2nccs2)cc1. The Morgan fingerprint density at radius 1 is 1.06 bits per heavy atom. The first kappa shape index (κ1) is 15.4. The molecule has 0 radical (unpaired) electrons. The van der Waals surface area contributed by atoms with Crippen LogP contribution < -0.4 is 5.32 Å². The van der Waals surface area contributed by atoms with Crippen LogP contribution in [0.25, 0.3) is 0 Å². The summed E-state index contributed by atoms with van der Waals surface area (Å²) in [6.07, 6.45) is 1.84. The van der Waals surface area contributed by atoms with E-state index in [-0.39, 0.29) is 24.8 Å². The molecule has 1 aromatic heterocycles. The van der Waals surface area contributed by atoms with E-state index in [4.69, 9.17) is 0 Å². The Morgan fingerprint density at radius 3 is 2.44 bits per heavy atom. The molecule has 0 amide bonds. The van der Waals surface area contributed by atoms with Gasteiger partial charge in [-0.3, -0.25) is 0 Å². The van der Waals surface area contributed by atoms with Gasteiger partial charge in [0.05, 0.1) is 0 Å². The number of hydrogen-bond donors (Lipinski definition) is 1. The second-order valence-electron chi connectivity index (χ2n) is 3.01. The average Bonchev–Trinajstić information content (AvgIpc) is 2.72. The molecule has 0 saturated carbocycles. The van der Waals surface area contributed by atoms with Crippen LogP contribution >= 0.6 is 36.2 Å². The van der Waals surface area contributed by atoms with Gasteiger partial charge < -0.3 is 5.32 Å². The predicted molar refractivity (Wildman–Crippen MR) is 73.6 cm³/mol. The third-order valence-electron chi connectivity index (χ3n) is 1.93. The predicted octanol–water partition coefficient (Wildman–Crippen LogP) is 3.28.